The summed E-state index contributed by atoms with van der Waals surface area (Å²) < 4.78 is 5.53. The van der Waals surface area contributed by atoms with Gasteiger partial charge in [-0.25, -0.2) is 9.78 Å². The molecule has 5 heteroatoms. The lowest BCUT2D eigenvalue weighted by atomic mass is 10.0. The van der Waals surface area contributed by atoms with Crippen LogP contribution in [0.15, 0.2) is 30.5 Å². The highest BCUT2D eigenvalue weighted by Crippen LogP contribution is 2.36. The fourth-order valence-corrected chi connectivity index (χ4v) is 2.01. The molecule has 1 unspecified atom stereocenters. The number of nitrogens with one attached hydrogen (secondary N) is 1. The van der Waals surface area contributed by atoms with Gasteiger partial charge < -0.3 is 14.8 Å². The van der Waals surface area contributed by atoms with Gasteiger partial charge in [0.15, 0.2) is 0 Å². The standard InChI is InChI=1S/C12H10N2O3/c15-12(16)9-5-13-11(14-9)8-6-17-10-4-2-1-3-7(8)10/h1-5,8H,6H2,(H,13,14)(H,15,16). The van der Waals surface area contributed by atoms with Gasteiger partial charge in [0.25, 0.3) is 0 Å². The van der Waals surface area contributed by atoms with E-state index in [1.807, 2.05) is 24.3 Å². The van der Waals surface area contributed by atoms with E-state index in [-0.39, 0.29) is 11.6 Å². The molecule has 17 heavy (non-hydrogen) atoms. The third kappa shape index (κ3) is 1.56. The van der Waals surface area contributed by atoms with Crippen LogP contribution in [0.4, 0.5) is 0 Å². The van der Waals surface area contributed by atoms with E-state index in [1.165, 1.54) is 6.20 Å². The maximum absolute atomic E-state index is 10.8. The number of H-pyrrole nitrogens is 1. The summed E-state index contributed by atoms with van der Waals surface area (Å²) in [5.41, 5.74) is 1.14. The molecule has 0 radical (unpaired) electrons. The van der Waals surface area contributed by atoms with Gasteiger partial charge in [-0.1, -0.05) is 18.2 Å². The van der Waals surface area contributed by atoms with Crippen molar-refractivity contribution in [3.63, 3.8) is 0 Å². The number of carboxylic acid groups (broad SMARTS) is 1. The number of benzene rings is 1. The first-order chi connectivity index (χ1) is 8.25. The van der Waals surface area contributed by atoms with Gasteiger partial charge in [0, 0.05) is 5.56 Å². The number of carboxylic acids is 1. The zero-order valence-electron chi connectivity index (χ0n) is 8.88. The van der Waals surface area contributed by atoms with E-state index in [0.29, 0.717) is 12.4 Å². The number of ether oxygens (including phenoxy) is 1. The summed E-state index contributed by atoms with van der Waals surface area (Å²) in [6, 6.07) is 7.71. The molecule has 5 nitrogen and oxygen atoms in total. The smallest absolute Gasteiger partial charge is 0.353 e. The summed E-state index contributed by atoms with van der Waals surface area (Å²) in [5.74, 6) is 0.452. The lowest BCUT2D eigenvalue weighted by Gasteiger charge is -2.04. The first-order valence-electron chi connectivity index (χ1n) is 5.25. The lowest BCUT2D eigenvalue weighted by Crippen LogP contribution is -2.05. The van der Waals surface area contributed by atoms with Gasteiger partial charge in [0.1, 0.15) is 23.9 Å². The predicted octanol–water partition coefficient (Wildman–Crippen LogP) is 1.63. The van der Waals surface area contributed by atoms with Gasteiger partial charge >= 0.3 is 5.97 Å². The van der Waals surface area contributed by atoms with Crippen LogP contribution in [0.3, 0.4) is 0 Å². The minimum Gasteiger partial charge on any atom is -0.492 e. The number of hydrogen-bond donors (Lipinski definition) is 2. The monoisotopic (exact) mass is 230 g/mol. The quantitative estimate of drug-likeness (QED) is 0.822. The summed E-state index contributed by atoms with van der Waals surface area (Å²) in [7, 11) is 0. The van der Waals surface area contributed by atoms with E-state index in [2.05, 4.69) is 9.97 Å². The molecule has 1 aromatic carbocycles. The van der Waals surface area contributed by atoms with E-state index < -0.39 is 5.97 Å². The minimum absolute atomic E-state index is 0.0145. The Morgan fingerprint density at radius 3 is 3.06 bits per heavy atom. The van der Waals surface area contributed by atoms with Crippen molar-refractivity contribution in [2.45, 2.75) is 5.92 Å². The Hall–Kier alpha value is -2.30. The van der Waals surface area contributed by atoms with E-state index in [0.717, 1.165) is 11.3 Å². The Balaban J connectivity index is 1.98. The summed E-state index contributed by atoms with van der Waals surface area (Å²) in [6.45, 7) is 0.492. The van der Waals surface area contributed by atoms with Gasteiger partial charge in [0.05, 0.1) is 12.1 Å². The molecular weight excluding hydrogens is 220 g/mol. The highest BCUT2D eigenvalue weighted by atomic mass is 16.5. The van der Waals surface area contributed by atoms with Crippen molar-refractivity contribution in [1.82, 2.24) is 9.97 Å². The van der Waals surface area contributed by atoms with E-state index in [1.54, 1.807) is 0 Å². The topological polar surface area (TPSA) is 75.2 Å². The molecule has 1 aliphatic rings. The molecule has 0 saturated carbocycles. The number of hydrogen-bond acceptors (Lipinski definition) is 3. The van der Waals surface area contributed by atoms with Crippen LogP contribution in [-0.4, -0.2) is 27.7 Å². The largest absolute Gasteiger partial charge is 0.492 e. The Labute approximate surface area is 97.1 Å². The average molecular weight is 230 g/mol. The fraction of sp³-hybridized carbons (Fsp3) is 0.167. The zero-order valence-corrected chi connectivity index (χ0v) is 8.88. The van der Waals surface area contributed by atoms with Crippen LogP contribution < -0.4 is 4.74 Å². The maximum Gasteiger partial charge on any atom is 0.353 e. The van der Waals surface area contributed by atoms with Crippen molar-refractivity contribution in [1.29, 1.82) is 0 Å². The van der Waals surface area contributed by atoms with Gasteiger partial charge in [-0.3, -0.25) is 0 Å². The number of rotatable bonds is 2. The molecule has 1 aromatic heterocycles. The third-order valence-electron chi connectivity index (χ3n) is 2.86. The summed E-state index contributed by atoms with van der Waals surface area (Å²) in [5, 5.41) is 8.83. The second-order valence-electron chi connectivity index (χ2n) is 3.89. The van der Waals surface area contributed by atoms with Crippen molar-refractivity contribution in [2.75, 3.05) is 6.61 Å². The van der Waals surface area contributed by atoms with Gasteiger partial charge in [-0.2, -0.15) is 0 Å². The number of nitrogens with zero attached hydrogens (tertiary/aromatic N) is 1. The molecule has 0 bridgehead atoms. The number of aromatic nitrogens is 2. The van der Waals surface area contributed by atoms with Crippen LogP contribution in [0.2, 0.25) is 0 Å². The normalized spacial score (nSPS) is 17.5. The molecule has 2 N–H and O–H groups in total. The Bertz CT molecular complexity index is 577. The molecule has 0 fully saturated rings. The Kier molecular flexibility index (Phi) is 2.11. The molecular formula is C12H10N2O3. The SMILES string of the molecule is O=C(O)c1cnc(C2COc3ccccc32)[nH]1. The van der Waals surface area contributed by atoms with Crippen molar-refractivity contribution in [3.8, 4) is 5.75 Å². The minimum atomic E-state index is -1.00. The molecule has 0 amide bonds. The molecule has 86 valence electrons. The lowest BCUT2D eigenvalue weighted by molar-refractivity contribution is 0.0691. The van der Waals surface area contributed by atoms with Gasteiger partial charge in [0.2, 0.25) is 0 Å². The maximum atomic E-state index is 10.8. The van der Waals surface area contributed by atoms with Crippen LogP contribution in [0, 0.1) is 0 Å². The molecule has 1 aliphatic heterocycles. The van der Waals surface area contributed by atoms with Crippen LogP contribution in [0.5, 0.6) is 5.75 Å². The molecule has 3 rings (SSSR count). The van der Waals surface area contributed by atoms with Crippen molar-refractivity contribution >= 4 is 5.97 Å². The summed E-state index contributed by atoms with van der Waals surface area (Å²) in [6.07, 6.45) is 1.33. The second-order valence-corrected chi connectivity index (χ2v) is 3.89. The van der Waals surface area contributed by atoms with Crippen LogP contribution in [0.25, 0.3) is 0 Å². The predicted molar refractivity (Wildman–Crippen MR) is 59.3 cm³/mol. The molecule has 1 atom stereocenters. The molecule has 2 aromatic rings. The highest BCUT2D eigenvalue weighted by molar-refractivity contribution is 5.85. The highest BCUT2D eigenvalue weighted by Gasteiger charge is 2.27. The van der Waals surface area contributed by atoms with Gasteiger partial charge in [-0.05, 0) is 6.07 Å². The first-order valence-corrected chi connectivity index (χ1v) is 5.25. The van der Waals surface area contributed by atoms with Gasteiger partial charge in [-0.15, -0.1) is 0 Å². The number of carbonyl (C=O) groups is 1. The van der Waals surface area contributed by atoms with Crippen molar-refractivity contribution in [3.05, 3.63) is 47.5 Å². The Morgan fingerprint density at radius 2 is 2.29 bits per heavy atom. The number of para-hydroxylation sites is 1. The molecule has 0 saturated heterocycles. The number of imidazole rings is 1. The Morgan fingerprint density at radius 1 is 1.47 bits per heavy atom. The fourth-order valence-electron chi connectivity index (χ4n) is 2.01. The number of aromatic carboxylic acids is 1. The van der Waals surface area contributed by atoms with E-state index in [9.17, 15) is 4.79 Å². The van der Waals surface area contributed by atoms with Crippen LogP contribution >= 0.6 is 0 Å². The molecule has 2 heterocycles. The van der Waals surface area contributed by atoms with Crippen molar-refractivity contribution in [2.24, 2.45) is 0 Å². The number of fused-ring (bicyclic) bond motifs is 1. The zero-order chi connectivity index (χ0) is 11.8. The summed E-state index contributed by atoms with van der Waals surface area (Å²) in [4.78, 5) is 17.7. The number of aromatic amines is 1. The molecule has 0 spiro atoms. The second kappa shape index (κ2) is 3.62. The molecule has 0 aliphatic carbocycles. The summed E-state index contributed by atoms with van der Waals surface area (Å²) >= 11 is 0. The van der Waals surface area contributed by atoms with E-state index in [4.69, 9.17) is 9.84 Å². The third-order valence-corrected chi connectivity index (χ3v) is 2.86. The van der Waals surface area contributed by atoms with E-state index >= 15 is 0 Å². The van der Waals surface area contributed by atoms with Crippen LogP contribution in [0.1, 0.15) is 27.8 Å². The van der Waals surface area contributed by atoms with Crippen LogP contribution in [-0.2, 0) is 0 Å². The average Bonchev–Trinajstić information content (AvgIpc) is 2.95. The van der Waals surface area contributed by atoms with Crippen molar-refractivity contribution < 1.29 is 14.6 Å². The first kappa shape index (κ1) is 9.89.